The van der Waals surface area contributed by atoms with Crippen molar-refractivity contribution in [1.29, 1.82) is 0 Å². The Kier molecular flexibility index (Phi) is 8.89. The molecule has 1 aromatic carbocycles. The standard InChI is InChI=1S/C14H19F3N2O2.ClH/c1-2-4-12(18)13(20)19-7-8-21-11-6-3-5-10(9-11)14(15,16)17;/h3,5-6,9,12H,2,4,7-8,18H2,1H3,(H,19,20);1H. The van der Waals surface area contributed by atoms with Gasteiger partial charge < -0.3 is 15.8 Å². The molecule has 0 aliphatic heterocycles. The van der Waals surface area contributed by atoms with Crippen molar-refractivity contribution in [2.75, 3.05) is 13.2 Å². The molecular formula is C14H20ClF3N2O2. The largest absolute Gasteiger partial charge is 0.492 e. The molecule has 0 spiro atoms. The molecule has 0 radical (unpaired) electrons. The fraction of sp³-hybridized carbons (Fsp3) is 0.500. The number of benzene rings is 1. The fourth-order valence-corrected chi connectivity index (χ4v) is 1.68. The minimum Gasteiger partial charge on any atom is -0.492 e. The highest BCUT2D eigenvalue weighted by Gasteiger charge is 2.30. The number of nitrogens with two attached hydrogens (primary N) is 1. The topological polar surface area (TPSA) is 64.4 Å². The first-order chi connectivity index (χ1) is 9.84. The van der Waals surface area contributed by atoms with Crippen molar-refractivity contribution < 1.29 is 22.7 Å². The van der Waals surface area contributed by atoms with Crippen molar-refractivity contribution in [2.45, 2.75) is 32.0 Å². The zero-order valence-electron chi connectivity index (χ0n) is 12.2. The van der Waals surface area contributed by atoms with E-state index in [9.17, 15) is 18.0 Å². The van der Waals surface area contributed by atoms with Crippen LogP contribution in [-0.4, -0.2) is 25.1 Å². The van der Waals surface area contributed by atoms with Crippen molar-refractivity contribution in [2.24, 2.45) is 5.73 Å². The summed E-state index contributed by atoms with van der Waals surface area (Å²) >= 11 is 0. The molecule has 0 aliphatic carbocycles. The van der Waals surface area contributed by atoms with E-state index in [4.69, 9.17) is 10.5 Å². The maximum atomic E-state index is 12.5. The van der Waals surface area contributed by atoms with Crippen molar-refractivity contribution in [1.82, 2.24) is 5.32 Å². The van der Waals surface area contributed by atoms with Gasteiger partial charge in [0.25, 0.3) is 0 Å². The lowest BCUT2D eigenvalue weighted by Gasteiger charge is -2.12. The van der Waals surface area contributed by atoms with Crippen LogP contribution in [0.25, 0.3) is 0 Å². The van der Waals surface area contributed by atoms with Crippen LogP contribution in [0.1, 0.15) is 25.3 Å². The van der Waals surface area contributed by atoms with Crippen LogP contribution in [0.2, 0.25) is 0 Å². The lowest BCUT2D eigenvalue weighted by molar-refractivity contribution is -0.137. The number of hydrogen-bond acceptors (Lipinski definition) is 3. The molecule has 0 aliphatic rings. The van der Waals surface area contributed by atoms with Gasteiger partial charge in [0.05, 0.1) is 18.2 Å². The molecule has 4 nitrogen and oxygen atoms in total. The van der Waals surface area contributed by atoms with Crippen LogP contribution in [0.4, 0.5) is 13.2 Å². The first kappa shape index (κ1) is 20.5. The maximum Gasteiger partial charge on any atom is 0.416 e. The summed E-state index contributed by atoms with van der Waals surface area (Å²) in [4.78, 5) is 11.5. The van der Waals surface area contributed by atoms with E-state index in [1.807, 2.05) is 6.92 Å². The third-order valence-corrected chi connectivity index (χ3v) is 2.77. The highest BCUT2D eigenvalue weighted by atomic mass is 35.5. The second-order valence-corrected chi connectivity index (χ2v) is 4.56. The first-order valence-corrected chi connectivity index (χ1v) is 6.68. The summed E-state index contributed by atoms with van der Waals surface area (Å²) in [7, 11) is 0. The molecule has 0 aromatic heterocycles. The van der Waals surface area contributed by atoms with E-state index in [1.54, 1.807) is 0 Å². The average Bonchev–Trinajstić information content (AvgIpc) is 2.43. The molecule has 0 heterocycles. The van der Waals surface area contributed by atoms with Crippen LogP contribution in [0.15, 0.2) is 24.3 Å². The van der Waals surface area contributed by atoms with Gasteiger partial charge in [0, 0.05) is 0 Å². The van der Waals surface area contributed by atoms with Crippen LogP contribution < -0.4 is 15.8 Å². The first-order valence-electron chi connectivity index (χ1n) is 6.68. The number of halogens is 4. The quantitative estimate of drug-likeness (QED) is 0.750. The van der Waals surface area contributed by atoms with Crippen LogP contribution in [-0.2, 0) is 11.0 Å². The number of hydrogen-bond donors (Lipinski definition) is 2. The zero-order valence-corrected chi connectivity index (χ0v) is 13.0. The van der Waals surface area contributed by atoms with Gasteiger partial charge in [-0.2, -0.15) is 13.2 Å². The fourth-order valence-electron chi connectivity index (χ4n) is 1.68. The predicted molar refractivity (Wildman–Crippen MR) is 80.1 cm³/mol. The number of carbonyl (C=O) groups excluding carboxylic acids is 1. The number of alkyl halides is 3. The molecule has 1 amide bonds. The summed E-state index contributed by atoms with van der Waals surface area (Å²) in [6, 6.07) is 4.03. The van der Waals surface area contributed by atoms with Gasteiger partial charge in [0.15, 0.2) is 0 Å². The average molecular weight is 341 g/mol. The summed E-state index contributed by atoms with van der Waals surface area (Å²) in [6.45, 7) is 2.18. The summed E-state index contributed by atoms with van der Waals surface area (Å²) in [5.74, 6) is -0.179. The van der Waals surface area contributed by atoms with Crippen molar-refractivity contribution in [3.63, 3.8) is 0 Å². The van der Waals surface area contributed by atoms with Gasteiger partial charge in [-0.25, -0.2) is 0 Å². The Labute approximate surface area is 133 Å². The summed E-state index contributed by atoms with van der Waals surface area (Å²) in [5.41, 5.74) is 4.84. The molecule has 0 saturated carbocycles. The molecule has 3 N–H and O–H groups in total. The molecule has 1 aromatic rings. The second-order valence-electron chi connectivity index (χ2n) is 4.56. The van der Waals surface area contributed by atoms with E-state index in [-0.39, 0.29) is 37.2 Å². The second kappa shape index (κ2) is 9.53. The lowest BCUT2D eigenvalue weighted by atomic mass is 10.2. The molecule has 22 heavy (non-hydrogen) atoms. The van der Waals surface area contributed by atoms with Gasteiger partial charge in [-0.1, -0.05) is 19.4 Å². The van der Waals surface area contributed by atoms with Crippen LogP contribution in [0.3, 0.4) is 0 Å². The number of nitrogens with one attached hydrogen (secondary N) is 1. The van der Waals surface area contributed by atoms with E-state index in [0.717, 1.165) is 18.6 Å². The van der Waals surface area contributed by atoms with E-state index in [0.29, 0.717) is 6.42 Å². The minimum atomic E-state index is -4.40. The van der Waals surface area contributed by atoms with E-state index in [1.165, 1.54) is 12.1 Å². The highest BCUT2D eigenvalue weighted by Crippen LogP contribution is 2.31. The van der Waals surface area contributed by atoms with Crippen molar-refractivity contribution >= 4 is 18.3 Å². The molecule has 126 valence electrons. The molecular weight excluding hydrogens is 321 g/mol. The normalized spacial score (nSPS) is 12.2. The van der Waals surface area contributed by atoms with Crippen molar-refractivity contribution in [3.8, 4) is 5.75 Å². The van der Waals surface area contributed by atoms with Crippen LogP contribution in [0.5, 0.6) is 5.75 Å². The molecule has 8 heteroatoms. The Morgan fingerprint density at radius 2 is 2.09 bits per heavy atom. The number of ether oxygens (including phenoxy) is 1. The Bertz CT molecular complexity index is 470. The van der Waals surface area contributed by atoms with Crippen LogP contribution in [0, 0.1) is 0 Å². The molecule has 0 bridgehead atoms. The Balaban J connectivity index is 0.00000441. The zero-order chi connectivity index (χ0) is 15.9. The number of rotatable bonds is 7. The molecule has 0 fully saturated rings. The Hall–Kier alpha value is -1.47. The molecule has 1 atom stereocenters. The van der Waals surface area contributed by atoms with Gasteiger partial charge in [0.1, 0.15) is 12.4 Å². The van der Waals surface area contributed by atoms with Gasteiger partial charge in [-0.05, 0) is 24.6 Å². The molecule has 1 rings (SSSR count). The van der Waals surface area contributed by atoms with Crippen molar-refractivity contribution in [3.05, 3.63) is 29.8 Å². The summed E-state index contributed by atoms with van der Waals surface area (Å²) < 4.78 is 42.7. The van der Waals surface area contributed by atoms with E-state index >= 15 is 0 Å². The summed E-state index contributed by atoms with van der Waals surface area (Å²) in [5, 5.41) is 2.57. The van der Waals surface area contributed by atoms with E-state index in [2.05, 4.69) is 5.32 Å². The SMILES string of the molecule is CCCC(N)C(=O)NCCOc1cccc(C(F)(F)F)c1.Cl. The number of amides is 1. The molecule has 0 saturated heterocycles. The minimum absolute atomic E-state index is 0. The lowest BCUT2D eigenvalue weighted by Crippen LogP contribution is -2.41. The monoisotopic (exact) mass is 340 g/mol. The predicted octanol–water partition coefficient (Wildman–Crippen LogP) is 2.75. The van der Waals surface area contributed by atoms with Gasteiger partial charge in [-0.15, -0.1) is 12.4 Å². The summed E-state index contributed by atoms with van der Waals surface area (Å²) in [6.07, 6.45) is -3.02. The maximum absolute atomic E-state index is 12.5. The highest BCUT2D eigenvalue weighted by molar-refractivity contribution is 5.85. The van der Waals surface area contributed by atoms with Gasteiger partial charge >= 0.3 is 6.18 Å². The molecule has 1 unspecified atom stereocenters. The smallest absolute Gasteiger partial charge is 0.416 e. The van der Waals surface area contributed by atoms with Crippen LogP contribution >= 0.6 is 12.4 Å². The Morgan fingerprint density at radius 3 is 2.68 bits per heavy atom. The third-order valence-electron chi connectivity index (χ3n) is 2.77. The van der Waals surface area contributed by atoms with Gasteiger partial charge in [0.2, 0.25) is 5.91 Å². The van der Waals surface area contributed by atoms with E-state index < -0.39 is 17.8 Å². The van der Waals surface area contributed by atoms with Gasteiger partial charge in [-0.3, -0.25) is 4.79 Å². The third kappa shape index (κ3) is 7.00. The Morgan fingerprint density at radius 1 is 1.41 bits per heavy atom. The number of carbonyl (C=O) groups is 1.